The fourth-order valence-electron chi connectivity index (χ4n) is 2.44. The van der Waals surface area contributed by atoms with Gasteiger partial charge in [0.05, 0.1) is 12.8 Å². The summed E-state index contributed by atoms with van der Waals surface area (Å²) in [6.45, 7) is 0.344. The number of amides is 1. The van der Waals surface area contributed by atoms with E-state index in [-0.39, 0.29) is 11.7 Å². The largest absolute Gasteiger partial charge is 0.506 e. The van der Waals surface area contributed by atoms with Crippen molar-refractivity contribution >= 4 is 23.2 Å². The topological polar surface area (TPSA) is 67.8 Å². The molecule has 0 aliphatic heterocycles. The van der Waals surface area contributed by atoms with Crippen LogP contribution in [0.1, 0.15) is 15.9 Å². The van der Waals surface area contributed by atoms with Crippen LogP contribution in [0.3, 0.4) is 0 Å². The van der Waals surface area contributed by atoms with E-state index in [1.165, 1.54) is 13.2 Å². The van der Waals surface area contributed by atoms with Gasteiger partial charge in [-0.3, -0.25) is 4.79 Å². The summed E-state index contributed by atoms with van der Waals surface area (Å²) >= 11 is 5.88. The molecule has 0 aliphatic rings. The molecule has 0 bridgehead atoms. The lowest BCUT2D eigenvalue weighted by atomic mass is 10.1. The number of benzene rings is 3. The zero-order valence-corrected chi connectivity index (χ0v) is 15.4. The molecule has 3 aromatic rings. The number of phenols is 1. The van der Waals surface area contributed by atoms with Crippen LogP contribution >= 0.6 is 11.6 Å². The molecule has 0 fully saturated rings. The number of hydrogen-bond acceptors (Lipinski definition) is 4. The first kappa shape index (κ1) is 18.6. The molecule has 3 rings (SSSR count). The Hall–Kier alpha value is -3.18. The third-order valence-electron chi connectivity index (χ3n) is 3.89. The van der Waals surface area contributed by atoms with E-state index in [0.717, 1.165) is 5.56 Å². The summed E-state index contributed by atoms with van der Waals surface area (Å²) in [5.74, 6) is 0.597. The highest BCUT2D eigenvalue weighted by molar-refractivity contribution is 6.30. The molecule has 0 aromatic heterocycles. The van der Waals surface area contributed by atoms with Crippen LogP contribution < -0.4 is 14.8 Å². The Morgan fingerprint density at radius 1 is 1.04 bits per heavy atom. The minimum absolute atomic E-state index is 0.000679. The number of methoxy groups -OCH3 is 1. The highest BCUT2D eigenvalue weighted by Crippen LogP contribution is 2.30. The third-order valence-corrected chi connectivity index (χ3v) is 4.14. The Bertz CT molecular complexity index is 941. The van der Waals surface area contributed by atoms with E-state index in [4.69, 9.17) is 21.1 Å². The van der Waals surface area contributed by atoms with Crippen LogP contribution in [0.25, 0.3) is 0 Å². The molecule has 0 saturated carbocycles. The SMILES string of the molecule is COc1cc(C(=O)Nc2ccccc2O)ccc1OCc1ccc(Cl)cc1. The van der Waals surface area contributed by atoms with Crippen molar-refractivity contribution < 1.29 is 19.4 Å². The Morgan fingerprint density at radius 3 is 2.48 bits per heavy atom. The summed E-state index contributed by atoms with van der Waals surface area (Å²) in [6, 6.07) is 18.8. The van der Waals surface area contributed by atoms with Crippen LogP contribution in [0.15, 0.2) is 66.7 Å². The van der Waals surface area contributed by atoms with Crippen molar-refractivity contribution in [3.05, 3.63) is 82.9 Å². The lowest BCUT2D eigenvalue weighted by Gasteiger charge is -2.13. The van der Waals surface area contributed by atoms with E-state index in [2.05, 4.69) is 5.32 Å². The molecule has 0 atom stereocenters. The average molecular weight is 384 g/mol. The summed E-state index contributed by atoms with van der Waals surface area (Å²) in [5, 5.41) is 13.1. The number of carbonyl (C=O) groups excluding carboxylic acids is 1. The van der Waals surface area contributed by atoms with Gasteiger partial charge in [-0.25, -0.2) is 0 Å². The van der Waals surface area contributed by atoms with Gasteiger partial charge in [-0.1, -0.05) is 35.9 Å². The predicted molar refractivity (Wildman–Crippen MR) is 105 cm³/mol. The van der Waals surface area contributed by atoms with Gasteiger partial charge in [0.2, 0.25) is 0 Å². The number of nitrogens with one attached hydrogen (secondary N) is 1. The molecular formula is C21H18ClNO4. The molecule has 1 amide bonds. The summed E-state index contributed by atoms with van der Waals surface area (Å²) in [6.07, 6.45) is 0. The zero-order chi connectivity index (χ0) is 19.2. The highest BCUT2D eigenvalue weighted by atomic mass is 35.5. The van der Waals surface area contributed by atoms with Crippen molar-refractivity contribution in [2.75, 3.05) is 12.4 Å². The van der Waals surface area contributed by atoms with Gasteiger partial charge in [0, 0.05) is 10.6 Å². The number of phenolic OH excluding ortho intramolecular Hbond substituents is 1. The van der Waals surface area contributed by atoms with Gasteiger partial charge in [-0.15, -0.1) is 0 Å². The van der Waals surface area contributed by atoms with Gasteiger partial charge in [-0.05, 0) is 48.0 Å². The number of hydrogen-bond donors (Lipinski definition) is 2. The lowest BCUT2D eigenvalue weighted by Crippen LogP contribution is -2.12. The number of aromatic hydroxyl groups is 1. The van der Waals surface area contributed by atoms with Crippen molar-refractivity contribution in [2.45, 2.75) is 6.61 Å². The second-order valence-corrected chi connectivity index (χ2v) is 6.19. The first-order chi connectivity index (χ1) is 13.1. The minimum Gasteiger partial charge on any atom is -0.506 e. The number of para-hydroxylation sites is 2. The minimum atomic E-state index is -0.362. The molecule has 138 valence electrons. The molecule has 5 nitrogen and oxygen atoms in total. The van der Waals surface area contributed by atoms with Gasteiger partial charge in [0.25, 0.3) is 5.91 Å². The number of anilines is 1. The standard InChI is InChI=1S/C21H18ClNO4/c1-26-20-12-15(21(25)23-17-4-2-3-5-18(17)24)8-11-19(20)27-13-14-6-9-16(22)10-7-14/h2-12,24H,13H2,1H3,(H,23,25). The number of ether oxygens (including phenoxy) is 2. The second-order valence-electron chi connectivity index (χ2n) is 5.75. The van der Waals surface area contributed by atoms with E-state index in [0.29, 0.717) is 34.4 Å². The van der Waals surface area contributed by atoms with Crippen LogP contribution in [-0.4, -0.2) is 18.1 Å². The van der Waals surface area contributed by atoms with Crippen LogP contribution in [0.2, 0.25) is 5.02 Å². The van der Waals surface area contributed by atoms with Gasteiger partial charge in [-0.2, -0.15) is 0 Å². The molecular weight excluding hydrogens is 366 g/mol. The van der Waals surface area contributed by atoms with Crippen molar-refractivity contribution in [1.29, 1.82) is 0 Å². The molecule has 0 aliphatic carbocycles. The molecule has 0 spiro atoms. The molecule has 27 heavy (non-hydrogen) atoms. The van der Waals surface area contributed by atoms with Gasteiger partial charge < -0.3 is 19.9 Å². The zero-order valence-electron chi connectivity index (χ0n) is 14.6. The molecule has 0 radical (unpaired) electrons. The lowest BCUT2D eigenvalue weighted by molar-refractivity contribution is 0.102. The van der Waals surface area contributed by atoms with Crippen LogP contribution in [0, 0.1) is 0 Å². The summed E-state index contributed by atoms with van der Waals surface area (Å²) in [4.78, 5) is 12.4. The Morgan fingerprint density at radius 2 is 1.78 bits per heavy atom. The first-order valence-corrected chi connectivity index (χ1v) is 8.59. The number of halogens is 1. The molecule has 3 aromatic carbocycles. The molecule has 0 heterocycles. The van der Waals surface area contributed by atoms with Crippen LogP contribution in [-0.2, 0) is 6.61 Å². The maximum absolute atomic E-state index is 12.4. The van der Waals surface area contributed by atoms with Gasteiger partial charge in [0.15, 0.2) is 11.5 Å². The van der Waals surface area contributed by atoms with Crippen molar-refractivity contribution in [2.24, 2.45) is 0 Å². The fraction of sp³-hybridized carbons (Fsp3) is 0.0952. The molecule has 0 unspecified atom stereocenters. The van der Waals surface area contributed by atoms with Crippen LogP contribution in [0.5, 0.6) is 17.2 Å². The number of rotatable bonds is 6. The van der Waals surface area contributed by atoms with Crippen molar-refractivity contribution in [3.8, 4) is 17.2 Å². The number of carbonyl (C=O) groups is 1. The van der Waals surface area contributed by atoms with E-state index in [9.17, 15) is 9.90 Å². The molecule has 2 N–H and O–H groups in total. The van der Waals surface area contributed by atoms with E-state index >= 15 is 0 Å². The summed E-state index contributed by atoms with van der Waals surface area (Å²) in [5.41, 5.74) is 1.68. The van der Waals surface area contributed by atoms with Gasteiger partial charge >= 0.3 is 0 Å². The Kier molecular flexibility index (Phi) is 5.84. The average Bonchev–Trinajstić information content (AvgIpc) is 2.69. The predicted octanol–water partition coefficient (Wildman–Crippen LogP) is 4.89. The monoisotopic (exact) mass is 383 g/mol. The smallest absolute Gasteiger partial charge is 0.255 e. The molecule has 0 saturated heterocycles. The molecule has 6 heteroatoms. The normalized spacial score (nSPS) is 10.3. The maximum Gasteiger partial charge on any atom is 0.255 e. The highest BCUT2D eigenvalue weighted by Gasteiger charge is 2.13. The van der Waals surface area contributed by atoms with Crippen LogP contribution in [0.4, 0.5) is 5.69 Å². The van der Waals surface area contributed by atoms with Crippen molar-refractivity contribution in [3.63, 3.8) is 0 Å². The van der Waals surface area contributed by atoms with E-state index in [1.807, 2.05) is 12.1 Å². The first-order valence-electron chi connectivity index (χ1n) is 8.21. The van der Waals surface area contributed by atoms with E-state index in [1.54, 1.807) is 48.5 Å². The Labute approximate surface area is 162 Å². The summed E-state index contributed by atoms with van der Waals surface area (Å²) < 4.78 is 11.1. The fourth-order valence-corrected chi connectivity index (χ4v) is 2.57. The summed E-state index contributed by atoms with van der Waals surface area (Å²) in [7, 11) is 1.51. The Balaban J connectivity index is 1.72. The maximum atomic E-state index is 12.4. The van der Waals surface area contributed by atoms with Gasteiger partial charge in [0.1, 0.15) is 12.4 Å². The van der Waals surface area contributed by atoms with Crippen molar-refractivity contribution in [1.82, 2.24) is 0 Å². The second kappa shape index (κ2) is 8.47. The third kappa shape index (κ3) is 4.71. The quantitative estimate of drug-likeness (QED) is 0.595. The van der Waals surface area contributed by atoms with E-state index < -0.39 is 0 Å².